The van der Waals surface area contributed by atoms with Gasteiger partial charge in [-0.3, -0.25) is 0 Å². The average Bonchev–Trinajstić information content (AvgIpc) is 1.59. The molecule has 0 radical (unpaired) electrons. The van der Waals surface area contributed by atoms with Crippen molar-refractivity contribution in [2.24, 2.45) is 0 Å². The molecule has 0 aliphatic carbocycles. The summed E-state index contributed by atoms with van der Waals surface area (Å²) in [6.07, 6.45) is 1.64. The van der Waals surface area contributed by atoms with E-state index in [9.17, 15) is 0 Å². The molecule has 0 aromatic heterocycles. The fourth-order valence-electron chi connectivity index (χ4n) is 0.178. The molecule has 0 fully saturated rings. The number of rotatable bonds is 2. The zero-order valence-electron chi connectivity index (χ0n) is 3.87. The van der Waals surface area contributed by atoms with Crippen molar-refractivity contribution in [2.75, 3.05) is 0 Å². The van der Waals surface area contributed by atoms with Crippen LogP contribution in [-0.2, 0) is 0 Å². The molecule has 0 aliphatic heterocycles. The molecule has 8 heavy (non-hydrogen) atoms. The summed E-state index contributed by atoms with van der Waals surface area (Å²) >= 11 is 21.6. The summed E-state index contributed by atoms with van der Waals surface area (Å²) in [5, 5.41) is 0. The van der Waals surface area contributed by atoms with E-state index in [2.05, 4.69) is 0 Å². The first-order valence-electron chi connectivity index (χ1n) is 1.88. The SMILES string of the molecule is Cl/C=C/C[Si](Cl)(Cl)Cl. The molecule has 0 atom stereocenters. The average molecular weight is 210 g/mol. The van der Waals surface area contributed by atoms with Crippen LogP contribution in [0.2, 0.25) is 6.04 Å². The van der Waals surface area contributed by atoms with Gasteiger partial charge >= 0.3 is 6.00 Å². The minimum absolute atomic E-state index is 0.487. The third-order valence-corrected chi connectivity index (χ3v) is 2.70. The fraction of sp³-hybridized carbons (Fsp3) is 0.333. The number of hydrogen-bond acceptors (Lipinski definition) is 0. The highest BCUT2D eigenvalue weighted by Gasteiger charge is 2.21. The van der Waals surface area contributed by atoms with Gasteiger partial charge in [-0.2, -0.15) is 0 Å². The fourth-order valence-corrected chi connectivity index (χ4v) is 1.60. The molecule has 0 unspecified atom stereocenters. The van der Waals surface area contributed by atoms with E-state index < -0.39 is 6.00 Å². The van der Waals surface area contributed by atoms with Crippen molar-refractivity contribution < 1.29 is 0 Å². The first-order valence-corrected chi connectivity index (χ1v) is 7.56. The van der Waals surface area contributed by atoms with Crippen LogP contribution in [0.25, 0.3) is 0 Å². The molecule has 5 heteroatoms. The maximum absolute atomic E-state index is 5.47. The molecule has 0 aromatic carbocycles. The molecule has 0 nitrogen and oxygen atoms in total. The molecule has 0 rings (SSSR count). The summed E-state index contributed by atoms with van der Waals surface area (Å²) in [5.41, 5.74) is 1.36. The topological polar surface area (TPSA) is 0 Å². The Labute approximate surface area is 68.5 Å². The van der Waals surface area contributed by atoms with Crippen LogP contribution >= 0.6 is 44.8 Å². The van der Waals surface area contributed by atoms with E-state index in [-0.39, 0.29) is 0 Å². The predicted octanol–water partition coefficient (Wildman–Crippen LogP) is 3.39. The van der Waals surface area contributed by atoms with Crippen LogP contribution in [0.5, 0.6) is 0 Å². The number of halogens is 4. The second kappa shape index (κ2) is 4.02. The van der Waals surface area contributed by atoms with E-state index in [1.807, 2.05) is 0 Å². The maximum atomic E-state index is 5.47. The monoisotopic (exact) mass is 208 g/mol. The van der Waals surface area contributed by atoms with Crippen molar-refractivity contribution in [3.8, 4) is 0 Å². The van der Waals surface area contributed by atoms with Gasteiger partial charge in [0.2, 0.25) is 0 Å². The summed E-state index contributed by atoms with van der Waals surface area (Å²) in [6.45, 7) is 0. The molecule has 0 aliphatic rings. The lowest BCUT2D eigenvalue weighted by molar-refractivity contribution is 1.72. The second-order valence-electron chi connectivity index (χ2n) is 1.18. The summed E-state index contributed by atoms with van der Waals surface area (Å²) in [5.74, 6) is 0. The van der Waals surface area contributed by atoms with Gasteiger partial charge in [0.1, 0.15) is 0 Å². The Hall–Kier alpha value is 1.12. The third kappa shape index (κ3) is 7.12. The van der Waals surface area contributed by atoms with E-state index >= 15 is 0 Å². The van der Waals surface area contributed by atoms with E-state index in [0.717, 1.165) is 0 Å². The molecular weight excluding hydrogens is 206 g/mol. The molecule has 0 heterocycles. The van der Waals surface area contributed by atoms with Crippen molar-refractivity contribution in [3.05, 3.63) is 11.6 Å². The normalized spacial score (nSPS) is 13.0. The molecular formula is C3H4Cl4Si. The third-order valence-electron chi connectivity index (χ3n) is 0.438. The van der Waals surface area contributed by atoms with Crippen LogP contribution in [-0.4, -0.2) is 6.00 Å². The number of hydrogen-bond donors (Lipinski definition) is 0. The number of allylic oxidation sites excluding steroid dienone is 1. The Morgan fingerprint density at radius 3 is 1.88 bits per heavy atom. The Kier molecular flexibility index (Phi) is 4.58. The highest BCUT2D eigenvalue weighted by Crippen LogP contribution is 2.24. The quantitative estimate of drug-likeness (QED) is 0.484. The first-order chi connectivity index (χ1) is 3.56. The van der Waals surface area contributed by atoms with Gasteiger partial charge in [-0.25, -0.2) is 0 Å². The van der Waals surface area contributed by atoms with Gasteiger partial charge in [0.05, 0.1) is 0 Å². The summed E-state index contributed by atoms with van der Waals surface area (Å²) < 4.78 is 0. The maximum Gasteiger partial charge on any atom is 0.344 e. The van der Waals surface area contributed by atoms with Gasteiger partial charge in [0.15, 0.2) is 0 Å². The molecule has 0 N–H and O–H groups in total. The molecule has 48 valence electrons. The standard InChI is InChI=1S/C3H4Cl4Si/c4-2-1-3-8(5,6)7/h1-2H,3H2/b2-1+. The van der Waals surface area contributed by atoms with Crippen LogP contribution in [0.3, 0.4) is 0 Å². The lowest BCUT2D eigenvalue weighted by Gasteiger charge is -1.99. The van der Waals surface area contributed by atoms with E-state index in [1.165, 1.54) is 5.54 Å². The van der Waals surface area contributed by atoms with Gasteiger partial charge in [-0.1, -0.05) is 17.7 Å². The van der Waals surface area contributed by atoms with Crippen LogP contribution in [0, 0.1) is 0 Å². The Morgan fingerprint density at radius 2 is 1.75 bits per heavy atom. The van der Waals surface area contributed by atoms with Gasteiger partial charge in [0, 0.05) is 11.6 Å². The highest BCUT2D eigenvalue weighted by molar-refractivity contribution is 7.64. The smallest absolute Gasteiger partial charge is 0.126 e. The molecule has 0 bridgehead atoms. The molecule has 0 amide bonds. The predicted molar refractivity (Wildman–Crippen MR) is 43.1 cm³/mol. The molecule has 0 saturated carbocycles. The zero-order valence-corrected chi connectivity index (χ0v) is 7.90. The summed E-state index contributed by atoms with van der Waals surface area (Å²) in [6, 6.07) is -1.95. The highest BCUT2D eigenvalue weighted by atomic mass is 35.8. The van der Waals surface area contributed by atoms with Crippen LogP contribution in [0.15, 0.2) is 11.6 Å². The van der Waals surface area contributed by atoms with E-state index in [0.29, 0.717) is 6.04 Å². The molecule has 0 aromatic rings. The lowest BCUT2D eigenvalue weighted by Crippen LogP contribution is -2.05. The summed E-state index contributed by atoms with van der Waals surface area (Å²) in [7, 11) is 0. The van der Waals surface area contributed by atoms with Gasteiger partial charge < -0.3 is 0 Å². The molecule has 0 spiro atoms. The lowest BCUT2D eigenvalue weighted by atomic mass is 10.8. The van der Waals surface area contributed by atoms with Gasteiger partial charge in [0.25, 0.3) is 0 Å². The van der Waals surface area contributed by atoms with Crippen molar-refractivity contribution in [2.45, 2.75) is 6.04 Å². The largest absolute Gasteiger partial charge is 0.344 e. The van der Waals surface area contributed by atoms with Crippen LogP contribution in [0.1, 0.15) is 0 Å². The van der Waals surface area contributed by atoms with Crippen molar-refractivity contribution in [1.29, 1.82) is 0 Å². The minimum Gasteiger partial charge on any atom is -0.126 e. The first kappa shape index (κ1) is 9.12. The van der Waals surface area contributed by atoms with Crippen LogP contribution in [0.4, 0.5) is 0 Å². The minimum atomic E-state index is -2.43. The second-order valence-corrected chi connectivity index (χ2v) is 10.6. The Bertz CT molecular complexity index is 83.8. The Balaban J connectivity index is 3.39. The zero-order chi connectivity index (χ0) is 6.62. The van der Waals surface area contributed by atoms with E-state index in [1.54, 1.807) is 6.08 Å². The van der Waals surface area contributed by atoms with Gasteiger partial charge in [-0.05, 0) is 0 Å². The molecule has 0 saturated heterocycles. The van der Waals surface area contributed by atoms with Crippen molar-refractivity contribution in [1.82, 2.24) is 0 Å². The van der Waals surface area contributed by atoms with Crippen molar-refractivity contribution in [3.63, 3.8) is 0 Å². The van der Waals surface area contributed by atoms with E-state index in [4.69, 9.17) is 44.8 Å². The van der Waals surface area contributed by atoms with Crippen LogP contribution < -0.4 is 0 Å². The van der Waals surface area contributed by atoms with Crippen molar-refractivity contribution >= 4 is 50.8 Å². The summed E-state index contributed by atoms with van der Waals surface area (Å²) in [4.78, 5) is 0. The Morgan fingerprint density at radius 1 is 1.25 bits per heavy atom. The van der Waals surface area contributed by atoms with Gasteiger partial charge in [-0.15, -0.1) is 33.2 Å².